The van der Waals surface area contributed by atoms with E-state index in [9.17, 15) is 4.79 Å². The number of ether oxygens (including phenoxy) is 2. The van der Waals surface area contributed by atoms with E-state index in [1.807, 2.05) is 29.2 Å². The van der Waals surface area contributed by atoms with Crippen molar-refractivity contribution < 1.29 is 14.3 Å². The Morgan fingerprint density at radius 1 is 1.30 bits per heavy atom. The standard InChI is InChI=1S/C15H18ClNO3/c16-13-5-2-1-4-12(13)10-14(18)17-7-3-6-15(11-17)19-8-9-20-15/h1-2,4-5H,3,6-11H2. The van der Waals surface area contributed by atoms with Crippen LogP contribution in [0.3, 0.4) is 0 Å². The predicted molar refractivity (Wildman–Crippen MR) is 75.6 cm³/mol. The fourth-order valence-electron chi connectivity index (χ4n) is 2.85. The number of nitrogens with zero attached hydrogens (tertiary/aromatic N) is 1. The van der Waals surface area contributed by atoms with E-state index in [1.165, 1.54) is 0 Å². The number of halogens is 1. The lowest BCUT2D eigenvalue weighted by molar-refractivity contribution is -0.192. The largest absolute Gasteiger partial charge is 0.346 e. The molecule has 4 nitrogen and oxygen atoms in total. The monoisotopic (exact) mass is 295 g/mol. The number of rotatable bonds is 2. The fraction of sp³-hybridized carbons (Fsp3) is 0.533. The van der Waals surface area contributed by atoms with Crippen LogP contribution in [-0.4, -0.2) is 42.9 Å². The summed E-state index contributed by atoms with van der Waals surface area (Å²) < 4.78 is 11.4. The molecular formula is C15H18ClNO3. The Labute approximate surface area is 123 Å². The molecule has 0 bridgehead atoms. The molecule has 0 unspecified atom stereocenters. The zero-order chi connectivity index (χ0) is 14.0. The van der Waals surface area contributed by atoms with E-state index in [4.69, 9.17) is 21.1 Å². The number of amides is 1. The maximum absolute atomic E-state index is 12.4. The molecule has 0 saturated carbocycles. The number of piperidine rings is 1. The van der Waals surface area contributed by atoms with Crippen molar-refractivity contribution >= 4 is 17.5 Å². The Balaban J connectivity index is 1.66. The molecule has 0 aromatic heterocycles. The highest BCUT2D eigenvalue weighted by atomic mass is 35.5. The van der Waals surface area contributed by atoms with Gasteiger partial charge in [-0.15, -0.1) is 0 Å². The molecule has 1 aromatic carbocycles. The summed E-state index contributed by atoms with van der Waals surface area (Å²) >= 11 is 6.11. The Morgan fingerprint density at radius 2 is 2.05 bits per heavy atom. The van der Waals surface area contributed by atoms with E-state index in [2.05, 4.69) is 0 Å². The van der Waals surface area contributed by atoms with Crippen molar-refractivity contribution in [3.63, 3.8) is 0 Å². The third kappa shape index (κ3) is 2.82. The topological polar surface area (TPSA) is 38.8 Å². The van der Waals surface area contributed by atoms with Crippen LogP contribution < -0.4 is 0 Å². The summed E-state index contributed by atoms with van der Waals surface area (Å²) in [7, 11) is 0. The second kappa shape index (κ2) is 5.72. The van der Waals surface area contributed by atoms with Crippen molar-refractivity contribution in [3.8, 4) is 0 Å². The summed E-state index contributed by atoms with van der Waals surface area (Å²) in [6, 6.07) is 7.47. The number of carbonyl (C=O) groups is 1. The first-order valence-corrected chi connectivity index (χ1v) is 7.35. The minimum absolute atomic E-state index is 0.0799. The average molecular weight is 296 g/mol. The van der Waals surface area contributed by atoms with Crippen LogP contribution >= 0.6 is 11.6 Å². The summed E-state index contributed by atoms with van der Waals surface area (Å²) in [4.78, 5) is 14.2. The van der Waals surface area contributed by atoms with Crippen LogP contribution in [0.15, 0.2) is 24.3 Å². The van der Waals surface area contributed by atoms with Gasteiger partial charge in [0, 0.05) is 18.0 Å². The smallest absolute Gasteiger partial charge is 0.227 e. The molecule has 2 aliphatic heterocycles. The lowest BCUT2D eigenvalue weighted by Crippen LogP contribution is -2.51. The normalized spacial score (nSPS) is 21.4. The summed E-state index contributed by atoms with van der Waals surface area (Å²) in [5.74, 6) is -0.481. The van der Waals surface area contributed by atoms with Gasteiger partial charge < -0.3 is 14.4 Å². The summed E-state index contributed by atoms with van der Waals surface area (Å²) in [6.07, 6.45) is 2.10. The van der Waals surface area contributed by atoms with E-state index < -0.39 is 5.79 Å². The quantitative estimate of drug-likeness (QED) is 0.840. The molecule has 0 N–H and O–H groups in total. The van der Waals surface area contributed by atoms with Crippen LogP contribution in [0.1, 0.15) is 18.4 Å². The van der Waals surface area contributed by atoms with Gasteiger partial charge in [0.15, 0.2) is 5.79 Å². The molecule has 1 amide bonds. The van der Waals surface area contributed by atoms with Crippen LogP contribution in [0.5, 0.6) is 0 Å². The van der Waals surface area contributed by atoms with E-state index in [-0.39, 0.29) is 5.91 Å². The molecule has 2 heterocycles. The lowest BCUT2D eigenvalue weighted by Gasteiger charge is -2.38. The molecule has 2 saturated heterocycles. The highest BCUT2D eigenvalue weighted by Crippen LogP contribution is 2.30. The first kappa shape index (κ1) is 13.9. The average Bonchev–Trinajstić information content (AvgIpc) is 2.89. The molecule has 0 aliphatic carbocycles. The van der Waals surface area contributed by atoms with Crippen molar-refractivity contribution in [1.82, 2.24) is 4.90 Å². The van der Waals surface area contributed by atoms with E-state index in [0.29, 0.717) is 31.2 Å². The summed E-state index contributed by atoms with van der Waals surface area (Å²) in [5.41, 5.74) is 0.868. The zero-order valence-corrected chi connectivity index (χ0v) is 12.1. The van der Waals surface area contributed by atoms with Crippen molar-refractivity contribution in [2.45, 2.75) is 25.0 Å². The lowest BCUT2D eigenvalue weighted by atomic mass is 10.0. The first-order valence-electron chi connectivity index (χ1n) is 6.98. The minimum Gasteiger partial charge on any atom is -0.346 e. The number of hydrogen-bond donors (Lipinski definition) is 0. The number of likely N-dealkylation sites (tertiary alicyclic amines) is 1. The van der Waals surface area contributed by atoms with Gasteiger partial charge >= 0.3 is 0 Å². The third-order valence-corrected chi connectivity index (χ3v) is 4.25. The van der Waals surface area contributed by atoms with Gasteiger partial charge in [-0.25, -0.2) is 0 Å². The van der Waals surface area contributed by atoms with Crippen molar-refractivity contribution in [2.75, 3.05) is 26.3 Å². The second-order valence-electron chi connectivity index (χ2n) is 5.29. The fourth-order valence-corrected chi connectivity index (χ4v) is 3.05. The van der Waals surface area contributed by atoms with Gasteiger partial charge in [0.2, 0.25) is 5.91 Å². The molecule has 2 fully saturated rings. The molecule has 5 heteroatoms. The van der Waals surface area contributed by atoms with E-state index in [1.54, 1.807) is 0 Å². The van der Waals surface area contributed by atoms with Crippen molar-refractivity contribution in [1.29, 1.82) is 0 Å². The third-order valence-electron chi connectivity index (χ3n) is 3.88. The molecule has 1 spiro atoms. The number of carbonyl (C=O) groups excluding carboxylic acids is 1. The minimum atomic E-state index is -0.561. The second-order valence-corrected chi connectivity index (χ2v) is 5.70. The van der Waals surface area contributed by atoms with Crippen LogP contribution in [0, 0.1) is 0 Å². The number of hydrogen-bond acceptors (Lipinski definition) is 3. The van der Waals surface area contributed by atoms with Gasteiger partial charge in [0.1, 0.15) is 0 Å². The summed E-state index contributed by atoms with van der Waals surface area (Å²) in [6.45, 7) is 2.52. The molecule has 3 rings (SSSR count). The van der Waals surface area contributed by atoms with Crippen LogP contribution in [-0.2, 0) is 20.7 Å². The first-order chi connectivity index (χ1) is 9.69. The zero-order valence-electron chi connectivity index (χ0n) is 11.3. The molecule has 20 heavy (non-hydrogen) atoms. The maximum Gasteiger partial charge on any atom is 0.227 e. The van der Waals surface area contributed by atoms with Gasteiger partial charge in [-0.05, 0) is 18.1 Å². The van der Waals surface area contributed by atoms with Crippen LogP contribution in [0.4, 0.5) is 0 Å². The van der Waals surface area contributed by atoms with Gasteiger partial charge in [-0.3, -0.25) is 4.79 Å². The highest BCUT2D eigenvalue weighted by Gasteiger charge is 2.41. The van der Waals surface area contributed by atoms with Gasteiger partial charge in [-0.1, -0.05) is 29.8 Å². The van der Waals surface area contributed by atoms with Crippen molar-refractivity contribution in [2.24, 2.45) is 0 Å². The van der Waals surface area contributed by atoms with E-state index >= 15 is 0 Å². The SMILES string of the molecule is O=C(Cc1ccccc1Cl)N1CCCC2(C1)OCCO2. The van der Waals surface area contributed by atoms with Crippen LogP contribution in [0.2, 0.25) is 5.02 Å². The predicted octanol–water partition coefficient (Wildman–Crippen LogP) is 2.25. The van der Waals surface area contributed by atoms with Gasteiger partial charge in [0.25, 0.3) is 0 Å². The highest BCUT2D eigenvalue weighted by molar-refractivity contribution is 6.31. The Bertz CT molecular complexity index is 500. The Morgan fingerprint density at radius 3 is 2.80 bits per heavy atom. The van der Waals surface area contributed by atoms with Gasteiger partial charge in [0.05, 0.1) is 26.2 Å². The molecular weight excluding hydrogens is 278 g/mol. The Kier molecular flexibility index (Phi) is 3.96. The summed E-state index contributed by atoms with van der Waals surface area (Å²) in [5, 5.41) is 0.640. The molecule has 0 radical (unpaired) electrons. The van der Waals surface area contributed by atoms with Crippen molar-refractivity contribution in [3.05, 3.63) is 34.9 Å². The van der Waals surface area contributed by atoms with Gasteiger partial charge in [-0.2, -0.15) is 0 Å². The molecule has 2 aliphatic rings. The van der Waals surface area contributed by atoms with Crippen LogP contribution in [0.25, 0.3) is 0 Å². The molecule has 0 atom stereocenters. The molecule has 1 aromatic rings. The Hall–Kier alpha value is -1.10. The maximum atomic E-state index is 12.4. The molecule has 108 valence electrons. The number of benzene rings is 1. The van der Waals surface area contributed by atoms with E-state index in [0.717, 1.165) is 24.9 Å².